The highest BCUT2D eigenvalue weighted by Gasteiger charge is 2.37. The Morgan fingerprint density at radius 2 is 1.76 bits per heavy atom. The molecule has 1 aromatic carbocycles. The van der Waals surface area contributed by atoms with E-state index < -0.39 is 5.72 Å². The second-order valence-electron chi connectivity index (χ2n) is 4.76. The fourth-order valence-electron chi connectivity index (χ4n) is 2.31. The predicted octanol–water partition coefficient (Wildman–Crippen LogP) is 4.38. The van der Waals surface area contributed by atoms with Gasteiger partial charge < -0.3 is 9.47 Å². The first-order chi connectivity index (χ1) is 9.64. The molecule has 2 rings (SSSR count). The maximum atomic E-state index is 6.39. The lowest BCUT2D eigenvalue weighted by Gasteiger charge is -2.38. The number of halogens is 1. The van der Waals surface area contributed by atoms with E-state index in [1.54, 1.807) is 18.4 Å². The number of rotatable bonds is 6. The molecule has 0 aliphatic carbocycles. The Balaban J connectivity index is 0.00000220. The number of ether oxygens (including phenoxy) is 2. The van der Waals surface area contributed by atoms with Crippen molar-refractivity contribution in [1.82, 2.24) is 4.90 Å². The van der Waals surface area contributed by atoms with E-state index in [1.807, 2.05) is 38.4 Å². The van der Waals surface area contributed by atoms with Crippen molar-refractivity contribution in [2.24, 2.45) is 0 Å². The van der Waals surface area contributed by atoms with Crippen molar-refractivity contribution in [3.8, 4) is 11.5 Å². The molecule has 0 aliphatic heterocycles. The average Bonchev–Trinajstić information content (AvgIpc) is 2.99. The summed E-state index contributed by atoms with van der Waals surface area (Å²) in [6, 6.07) is 11.9. The largest absolute Gasteiger partial charge is 0.493 e. The SMILES string of the molecule is CCC(Oc1ccccc1OC)(c1cccs1)N(C)C.Cl. The normalized spacial score (nSPS) is 13.4. The second kappa shape index (κ2) is 7.69. The molecule has 21 heavy (non-hydrogen) atoms. The molecule has 0 aliphatic rings. The molecular formula is C16H22ClNO2S. The highest BCUT2D eigenvalue weighted by atomic mass is 35.5. The van der Waals surface area contributed by atoms with Crippen molar-refractivity contribution in [3.63, 3.8) is 0 Å². The lowest BCUT2D eigenvalue weighted by molar-refractivity contribution is -0.0656. The summed E-state index contributed by atoms with van der Waals surface area (Å²) in [4.78, 5) is 3.31. The van der Waals surface area contributed by atoms with Gasteiger partial charge in [0.25, 0.3) is 0 Å². The van der Waals surface area contributed by atoms with Gasteiger partial charge in [0.05, 0.1) is 12.0 Å². The molecule has 0 saturated heterocycles. The minimum absolute atomic E-state index is 0. The Labute approximate surface area is 136 Å². The lowest BCUT2D eigenvalue weighted by Crippen LogP contribution is -2.45. The summed E-state index contributed by atoms with van der Waals surface area (Å²) in [7, 11) is 5.74. The van der Waals surface area contributed by atoms with E-state index in [1.165, 1.54) is 4.88 Å². The van der Waals surface area contributed by atoms with Crippen LogP contribution in [0.2, 0.25) is 0 Å². The zero-order valence-electron chi connectivity index (χ0n) is 12.8. The van der Waals surface area contributed by atoms with E-state index in [4.69, 9.17) is 9.47 Å². The van der Waals surface area contributed by atoms with Crippen molar-refractivity contribution in [2.75, 3.05) is 21.2 Å². The van der Waals surface area contributed by atoms with Crippen molar-refractivity contribution in [1.29, 1.82) is 0 Å². The van der Waals surface area contributed by atoms with Crippen molar-refractivity contribution < 1.29 is 9.47 Å². The molecule has 5 heteroatoms. The molecule has 0 bridgehead atoms. The molecule has 1 unspecified atom stereocenters. The molecule has 1 heterocycles. The average molecular weight is 328 g/mol. The molecule has 0 amide bonds. The summed E-state index contributed by atoms with van der Waals surface area (Å²) in [6.45, 7) is 2.13. The molecule has 116 valence electrons. The summed E-state index contributed by atoms with van der Waals surface area (Å²) in [6.07, 6.45) is 0.846. The van der Waals surface area contributed by atoms with E-state index in [0.29, 0.717) is 0 Å². The number of para-hydroxylation sites is 2. The highest BCUT2D eigenvalue weighted by molar-refractivity contribution is 7.10. The molecule has 1 aromatic heterocycles. The van der Waals surface area contributed by atoms with E-state index in [-0.39, 0.29) is 12.4 Å². The number of methoxy groups -OCH3 is 1. The predicted molar refractivity (Wildman–Crippen MR) is 90.8 cm³/mol. The van der Waals surface area contributed by atoms with E-state index in [0.717, 1.165) is 17.9 Å². The minimum Gasteiger partial charge on any atom is -0.493 e. The first-order valence-electron chi connectivity index (χ1n) is 6.67. The van der Waals surface area contributed by atoms with Crippen LogP contribution in [0.4, 0.5) is 0 Å². The van der Waals surface area contributed by atoms with E-state index in [9.17, 15) is 0 Å². The Kier molecular flexibility index (Phi) is 6.52. The highest BCUT2D eigenvalue weighted by Crippen LogP contribution is 2.39. The maximum absolute atomic E-state index is 6.39. The monoisotopic (exact) mass is 327 g/mol. The van der Waals surface area contributed by atoms with Crippen LogP contribution in [0.1, 0.15) is 18.2 Å². The van der Waals surface area contributed by atoms with Crippen LogP contribution in [0.5, 0.6) is 11.5 Å². The van der Waals surface area contributed by atoms with Gasteiger partial charge in [-0.25, -0.2) is 0 Å². The Hall–Kier alpha value is -1.23. The Morgan fingerprint density at radius 3 is 2.24 bits per heavy atom. The van der Waals surface area contributed by atoms with Gasteiger partial charge in [-0.15, -0.1) is 23.7 Å². The summed E-state index contributed by atoms with van der Waals surface area (Å²) in [5, 5.41) is 2.08. The maximum Gasteiger partial charge on any atom is 0.198 e. The third-order valence-electron chi connectivity index (χ3n) is 3.46. The zero-order valence-corrected chi connectivity index (χ0v) is 14.5. The van der Waals surface area contributed by atoms with Crippen molar-refractivity contribution in [2.45, 2.75) is 19.1 Å². The van der Waals surface area contributed by atoms with Crippen LogP contribution >= 0.6 is 23.7 Å². The van der Waals surface area contributed by atoms with Gasteiger partial charge in [-0.1, -0.05) is 25.1 Å². The number of hydrogen-bond donors (Lipinski definition) is 0. The smallest absolute Gasteiger partial charge is 0.198 e. The molecule has 3 nitrogen and oxygen atoms in total. The first-order valence-corrected chi connectivity index (χ1v) is 7.55. The Morgan fingerprint density at radius 1 is 1.10 bits per heavy atom. The zero-order chi connectivity index (χ0) is 14.6. The number of benzene rings is 1. The van der Waals surface area contributed by atoms with Gasteiger partial charge in [-0.05, 0) is 37.7 Å². The van der Waals surface area contributed by atoms with Crippen molar-refractivity contribution in [3.05, 3.63) is 46.7 Å². The van der Waals surface area contributed by atoms with Gasteiger partial charge in [-0.3, -0.25) is 4.90 Å². The topological polar surface area (TPSA) is 21.7 Å². The molecule has 0 N–H and O–H groups in total. The number of nitrogens with zero attached hydrogens (tertiary/aromatic N) is 1. The molecule has 0 saturated carbocycles. The molecule has 2 aromatic rings. The van der Waals surface area contributed by atoms with Crippen LogP contribution < -0.4 is 9.47 Å². The van der Waals surface area contributed by atoms with Crippen LogP contribution in [-0.2, 0) is 5.72 Å². The standard InChI is InChI=1S/C16H21NO2S.ClH/c1-5-16(17(2)3,15-11-8-12-20-15)19-14-10-7-6-9-13(14)18-4;/h6-12H,5H2,1-4H3;1H. The van der Waals surface area contributed by atoms with Gasteiger partial charge in [-0.2, -0.15) is 0 Å². The molecule has 0 spiro atoms. The van der Waals surface area contributed by atoms with E-state index in [2.05, 4.69) is 29.3 Å². The third-order valence-corrected chi connectivity index (χ3v) is 4.46. The van der Waals surface area contributed by atoms with Gasteiger partial charge in [0.15, 0.2) is 17.2 Å². The first kappa shape index (κ1) is 17.8. The van der Waals surface area contributed by atoms with Crippen LogP contribution in [0.15, 0.2) is 41.8 Å². The minimum atomic E-state index is -0.469. The fraction of sp³-hybridized carbons (Fsp3) is 0.375. The van der Waals surface area contributed by atoms with Crippen LogP contribution in [0, 0.1) is 0 Å². The Bertz CT molecular complexity index is 545. The fourth-order valence-corrected chi connectivity index (χ4v) is 3.32. The quantitative estimate of drug-likeness (QED) is 0.735. The second-order valence-corrected chi connectivity index (χ2v) is 5.71. The van der Waals surface area contributed by atoms with Crippen molar-refractivity contribution >= 4 is 23.7 Å². The molecule has 1 atom stereocenters. The van der Waals surface area contributed by atoms with Gasteiger partial charge in [0, 0.05) is 6.42 Å². The van der Waals surface area contributed by atoms with Crippen LogP contribution in [-0.4, -0.2) is 26.1 Å². The van der Waals surface area contributed by atoms with Crippen LogP contribution in [0.3, 0.4) is 0 Å². The van der Waals surface area contributed by atoms with Crippen LogP contribution in [0.25, 0.3) is 0 Å². The lowest BCUT2D eigenvalue weighted by atomic mass is 10.1. The van der Waals surface area contributed by atoms with Gasteiger partial charge >= 0.3 is 0 Å². The molecule has 0 fully saturated rings. The summed E-state index contributed by atoms with van der Waals surface area (Å²) in [5.74, 6) is 1.52. The summed E-state index contributed by atoms with van der Waals surface area (Å²) >= 11 is 1.71. The van der Waals surface area contributed by atoms with E-state index >= 15 is 0 Å². The van der Waals surface area contributed by atoms with Gasteiger partial charge in [0.1, 0.15) is 0 Å². The van der Waals surface area contributed by atoms with Gasteiger partial charge in [0.2, 0.25) is 0 Å². The number of hydrogen-bond acceptors (Lipinski definition) is 4. The summed E-state index contributed by atoms with van der Waals surface area (Å²) < 4.78 is 11.8. The summed E-state index contributed by atoms with van der Waals surface area (Å²) in [5.41, 5.74) is -0.469. The number of thiophene rings is 1. The molecular weight excluding hydrogens is 306 g/mol. The molecule has 0 radical (unpaired) electrons. The third kappa shape index (κ3) is 3.51.